The molecule has 156 valence electrons. The molecule has 0 aliphatic heterocycles. The van der Waals surface area contributed by atoms with E-state index in [0.717, 1.165) is 5.56 Å². The smallest absolute Gasteiger partial charge is 0.340 e. The Hall–Kier alpha value is -3.75. The number of anilines is 1. The van der Waals surface area contributed by atoms with E-state index in [1.165, 1.54) is 19.4 Å². The summed E-state index contributed by atoms with van der Waals surface area (Å²) in [4.78, 5) is 40.4. The zero-order valence-corrected chi connectivity index (χ0v) is 17.1. The lowest BCUT2D eigenvalue weighted by molar-refractivity contribution is -0.119. The number of benzene rings is 1. The van der Waals surface area contributed by atoms with E-state index in [1.54, 1.807) is 36.0 Å². The highest BCUT2D eigenvalue weighted by molar-refractivity contribution is 5.98. The summed E-state index contributed by atoms with van der Waals surface area (Å²) in [5, 5.41) is 7.59. The summed E-state index contributed by atoms with van der Waals surface area (Å²) < 4.78 is 11.5. The number of rotatable bonds is 6. The molecule has 2 aromatic heterocycles. The fraction of sp³-hybridized carbons (Fsp3) is 0.286. The van der Waals surface area contributed by atoms with Crippen molar-refractivity contribution < 1.29 is 23.9 Å². The van der Waals surface area contributed by atoms with Crippen LogP contribution in [0.4, 0.5) is 5.69 Å². The van der Waals surface area contributed by atoms with Gasteiger partial charge in [-0.25, -0.2) is 19.3 Å². The Morgan fingerprint density at radius 1 is 1.10 bits per heavy atom. The summed E-state index contributed by atoms with van der Waals surface area (Å²) in [6.07, 6.45) is 3.02. The molecule has 0 saturated heterocycles. The normalized spacial score (nSPS) is 10.8. The minimum absolute atomic E-state index is 0.137. The molecule has 0 fully saturated rings. The highest BCUT2D eigenvalue weighted by atomic mass is 16.5. The summed E-state index contributed by atoms with van der Waals surface area (Å²) >= 11 is 0. The third kappa shape index (κ3) is 4.45. The van der Waals surface area contributed by atoms with E-state index in [2.05, 4.69) is 20.1 Å². The van der Waals surface area contributed by atoms with Gasteiger partial charge in [-0.1, -0.05) is 6.07 Å². The van der Waals surface area contributed by atoms with Crippen molar-refractivity contribution in [3.05, 3.63) is 53.3 Å². The molecule has 1 N–H and O–H groups in total. The Kier molecular flexibility index (Phi) is 6.10. The predicted octanol–water partition coefficient (Wildman–Crippen LogP) is 2.90. The quantitative estimate of drug-likeness (QED) is 0.622. The predicted molar refractivity (Wildman–Crippen MR) is 109 cm³/mol. The largest absolute Gasteiger partial charge is 0.465 e. The second kappa shape index (κ2) is 8.73. The number of esters is 2. The van der Waals surface area contributed by atoms with Crippen LogP contribution in [-0.2, 0) is 14.3 Å². The molecule has 0 aliphatic rings. The number of hydrogen-bond donors (Lipinski definition) is 1. The van der Waals surface area contributed by atoms with E-state index < -0.39 is 24.5 Å². The first kappa shape index (κ1) is 21.0. The number of aryl methyl sites for hydroxylation is 1. The van der Waals surface area contributed by atoms with Gasteiger partial charge in [-0.15, -0.1) is 0 Å². The molecule has 3 rings (SSSR count). The summed E-state index contributed by atoms with van der Waals surface area (Å²) in [7, 11) is 1.28. The number of aromatic nitrogens is 3. The van der Waals surface area contributed by atoms with E-state index in [1.807, 2.05) is 13.8 Å². The fourth-order valence-electron chi connectivity index (χ4n) is 2.83. The standard InChI is InChI=1S/C21H22N4O5/c1-12(2)25-19-15(10-23-25)7-16(9-22-19)21(28)30-11-18(26)24-17-8-14(20(27)29-4)6-5-13(17)3/h5-10,12H,11H2,1-4H3,(H,24,26). The SMILES string of the molecule is COC(=O)c1ccc(C)c(NC(=O)COC(=O)c2cnc3c(cnn3C(C)C)c2)c1. The highest BCUT2D eigenvalue weighted by Gasteiger charge is 2.15. The van der Waals surface area contributed by atoms with Gasteiger partial charge in [-0.3, -0.25) is 4.79 Å². The van der Waals surface area contributed by atoms with Crippen LogP contribution in [0.3, 0.4) is 0 Å². The molecular formula is C21H22N4O5. The molecule has 0 aliphatic carbocycles. The van der Waals surface area contributed by atoms with Crippen LogP contribution < -0.4 is 5.32 Å². The Morgan fingerprint density at radius 3 is 2.57 bits per heavy atom. The molecule has 1 aromatic carbocycles. The molecule has 0 saturated carbocycles. The van der Waals surface area contributed by atoms with Gasteiger partial charge in [0.15, 0.2) is 12.3 Å². The van der Waals surface area contributed by atoms with Crippen LogP contribution in [0.1, 0.15) is 46.2 Å². The Labute approximate surface area is 173 Å². The maximum absolute atomic E-state index is 12.3. The number of nitrogens with one attached hydrogen (secondary N) is 1. The topological polar surface area (TPSA) is 112 Å². The zero-order chi connectivity index (χ0) is 21.8. The number of methoxy groups -OCH3 is 1. The van der Waals surface area contributed by atoms with Gasteiger partial charge in [0.2, 0.25) is 0 Å². The summed E-state index contributed by atoms with van der Waals surface area (Å²) in [6, 6.07) is 6.55. The number of ether oxygens (including phenoxy) is 2. The van der Waals surface area contributed by atoms with Crippen LogP contribution in [0, 0.1) is 6.92 Å². The fourth-order valence-corrected chi connectivity index (χ4v) is 2.83. The Balaban J connectivity index is 1.64. The average molecular weight is 410 g/mol. The van der Waals surface area contributed by atoms with E-state index >= 15 is 0 Å². The maximum Gasteiger partial charge on any atom is 0.340 e. The van der Waals surface area contributed by atoms with Crippen LogP contribution in [-0.4, -0.2) is 46.3 Å². The van der Waals surface area contributed by atoms with Gasteiger partial charge in [0, 0.05) is 23.3 Å². The first-order valence-corrected chi connectivity index (χ1v) is 9.29. The van der Waals surface area contributed by atoms with Crippen molar-refractivity contribution in [2.24, 2.45) is 0 Å². The number of fused-ring (bicyclic) bond motifs is 1. The van der Waals surface area contributed by atoms with Crippen molar-refractivity contribution in [3.8, 4) is 0 Å². The lowest BCUT2D eigenvalue weighted by Crippen LogP contribution is -2.21. The van der Waals surface area contributed by atoms with Gasteiger partial charge in [0.1, 0.15) is 0 Å². The second-order valence-corrected chi connectivity index (χ2v) is 6.97. The van der Waals surface area contributed by atoms with Crippen molar-refractivity contribution >= 4 is 34.6 Å². The van der Waals surface area contributed by atoms with Crippen LogP contribution in [0.2, 0.25) is 0 Å². The van der Waals surface area contributed by atoms with Crippen LogP contribution in [0.15, 0.2) is 36.7 Å². The number of nitrogens with zero attached hydrogens (tertiary/aromatic N) is 3. The highest BCUT2D eigenvalue weighted by Crippen LogP contribution is 2.19. The molecule has 1 amide bonds. The van der Waals surface area contributed by atoms with Crippen molar-refractivity contribution in [2.45, 2.75) is 26.8 Å². The van der Waals surface area contributed by atoms with Gasteiger partial charge < -0.3 is 14.8 Å². The number of carbonyl (C=O) groups excluding carboxylic acids is 3. The van der Waals surface area contributed by atoms with Crippen molar-refractivity contribution in [3.63, 3.8) is 0 Å². The van der Waals surface area contributed by atoms with Crippen LogP contribution in [0.5, 0.6) is 0 Å². The summed E-state index contributed by atoms with van der Waals surface area (Å²) in [5.41, 5.74) is 2.38. The second-order valence-electron chi connectivity index (χ2n) is 6.97. The molecule has 0 spiro atoms. The number of carbonyl (C=O) groups is 3. The molecule has 2 heterocycles. The van der Waals surface area contributed by atoms with Gasteiger partial charge in [-0.05, 0) is 44.5 Å². The van der Waals surface area contributed by atoms with Gasteiger partial charge >= 0.3 is 11.9 Å². The van der Waals surface area contributed by atoms with Crippen LogP contribution in [0.25, 0.3) is 11.0 Å². The van der Waals surface area contributed by atoms with E-state index in [0.29, 0.717) is 22.3 Å². The Bertz CT molecular complexity index is 1120. The van der Waals surface area contributed by atoms with E-state index in [4.69, 9.17) is 4.74 Å². The maximum atomic E-state index is 12.3. The third-order valence-corrected chi connectivity index (χ3v) is 4.43. The molecule has 0 atom stereocenters. The molecular weight excluding hydrogens is 388 g/mol. The van der Waals surface area contributed by atoms with Gasteiger partial charge in [0.25, 0.3) is 5.91 Å². The first-order chi connectivity index (χ1) is 14.3. The molecule has 0 unspecified atom stereocenters. The molecule has 9 heteroatoms. The Morgan fingerprint density at radius 2 is 1.87 bits per heavy atom. The van der Waals surface area contributed by atoms with Gasteiger partial charge in [0.05, 0.1) is 24.4 Å². The zero-order valence-electron chi connectivity index (χ0n) is 17.1. The van der Waals surface area contributed by atoms with Crippen LogP contribution >= 0.6 is 0 Å². The van der Waals surface area contributed by atoms with E-state index in [-0.39, 0.29) is 11.6 Å². The first-order valence-electron chi connectivity index (χ1n) is 9.29. The molecule has 0 bridgehead atoms. The lowest BCUT2D eigenvalue weighted by Gasteiger charge is -2.10. The third-order valence-electron chi connectivity index (χ3n) is 4.43. The van der Waals surface area contributed by atoms with Crippen molar-refractivity contribution in [1.82, 2.24) is 14.8 Å². The van der Waals surface area contributed by atoms with E-state index in [9.17, 15) is 14.4 Å². The van der Waals surface area contributed by atoms with Crippen molar-refractivity contribution in [2.75, 3.05) is 19.0 Å². The van der Waals surface area contributed by atoms with Gasteiger partial charge in [-0.2, -0.15) is 5.10 Å². The average Bonchev–Trinajstić information content (AvgIpc) is 3.16. The molecule has 3 aromatic rings. The van der Waals surface area contributed by atoms with Crippen molar-refractivity contribution in [1.29, 1.82) is 0 Å². The number of hydrogen-bond acceptors (Lipinski definition) is 7. The number of amides is 1. The summed E-state index contributed by atoms with van der Waals surface area (Å²) in [6.45, 7) is 5.26. The molecule has 30 heavy (non-hydrogen) atoms. The summed E-state index contributed by atoms with van der Waals surface area (Å²) in [5.74, 6) is -1.72. The lowest BCUT2D eigenvalue weighted by atomic mass is 10.1. The number of pyridine rings is 1. The monoisotopic (exact) mass is 410 g/mol. The minimum atomic E-state index is -0.670. The molecule has 0 radical (unpaired) electrons. The minimum Gasteiger partial charge on any atom is -0.465 e. The molecule has 9 nitrogen and oxygen atoms in total.